The maximum Gasteiger partial charge on any atom is 0.307 e. The predicted octanol–water partition coefficient (Wildman–Crippen LogP) is 10.6. The number of nitrogens with zero attached hydrogens (tertiary/aromatic N) is 2. The highest BCUT2D eigenvalue weighted by molar-refractivity contribution is 8.13. The highest BCUT2D eigenvalue weighted by Crippen LogP contribution is 2.20. The van der Waals surface area contributed by atoms with E-state index in [-0.39, 0.29) is 23.6 Å². The molecule has 0 saturated carbocycles. The Morgan fingerprint density at radius 1 is 0.617 bits per heavy atom. The molecular weight excluding hydrogens is 609 g/mol. The molecule has 0 aromatic rings. The van der Waals surface area contributed by atoms with Crippen LogP contribution >= 0.6 is 11.8 Å². The van der Waals surface area contributed by atoms with Crippen LogP contribution in [0, 0.1) is 5.92 Å². The Bertz CT molecular complexity index is 762. The third kappa shape index (κ3) is 31.5. The first-order valence-electron chi connectivity index (χ1n) is 19.4. The zero-order chi connectivity index (χ0) is 34.8. The summed E-state index contributed by atoms with van der Waals surface area (Å²) >= 11 is 1.31. The minimum atomic E-state index is -0.208. The summed E-state index contributed by atoms with van der Waals surface area (Å²) in [5, 5.41) is 0.0116. The van der Waals surface area contributed by atoms with Gasteiger partial charge >= 0.3 is 11.9 Å². The Morgan fingerprint density at radius 3 is 1.81 bits per heavy atom. The predicted molar refractivity (Wildman–Crippen MR) is 201 cm³/mol. The van der Waals surface area contributed by atoms with Crippen molar-refractivity contribution < 1.29 is 23.9 Å². The van der Waals surface area contributed by atoms with Crippen LogP contribution in [-0.2, 0) is 19.1 Å². The van der Waals surface area contributed by atoms with Gasteiger partial charge in [-0.1, -0.05) is 135 Å². The minimum Gasteiger partial charge on any atom is -0.465 e. The van der Waals surface area contributed by atoms with Crippen molar-refractivity contribution in [3.63, 3.8) is 0 Å². The first-order chi connectivity index (χ1) is 22.8. The number of hydrogen-bond donors (Lipinski definition) is 0. The first-order valence-corrected chi connectivity index (χ1v) is 20.3. The van der Waals surface area contributed by atoms with Crippen LogP contribution in [0.25, 0.3) is 0 Å². The summed E-state index contributed by atoms with van der Waals surface area (Å²) in [6.07, 6.45) is 27.8. The molecule has 0 aromatic carbocycles. The molecule has 0 aliphatic carbocycles. The third-order valence-corrected chi connectivity index (χ3v) is 9.45. The van der Waals surface area contributed by atoms with Crippen LogP contribution in [0.5, 0.6) is 0 Å². The number of esters is 2. The molecule has 47 heavy (non-hydrogen) atoms. The van der Waals surface area contributed by atoms with Crippen LogP contribution in [0.4, 0.5) is 4.79 Å². The van der Waals surface area contributed by atoms with E-state index in [4.69, 9.17) is 9.47 Å². The highest BCUT2D eigenvalue weighted by Gasteiger charge is 2.18. The van der Waals surface area contributed by atoms with E-state index in [1.807, 2.05) is 20.2 Å². The van der Waals surface area contributed by atoms with E-state index in [2.05, 4.69) is 31.7 Å². The summed E-state index contributed by atoms with van der Waals surface area (Å²) in [6, 6.07) is 0. The normalized spacial score (nSPS) is 11.6. The SMILES string of the molecule is CCCCCC/C=C\COC(=O)CCCCCN(CCC(=O)OCC(CCCCCCC)CCCCCCC)C(=O)SCCN(C)C. The Hall–Kier alpha value is -1.54. The van der Waals surface area contributed by atoms with Crippen molar-refractivity contribution in [3.8, 4) is 0 Å². The lowest BCUT2D eigenvalue weighted by molar-refractivity contribution is -0.145. The summed E-state index contributed by atoms with van der Waals surface area (Å²) in [4.78, 5) is 41.8. The molecular formula is C39H74N2O5S. The van der Waals surface area contributed by atoms with Crippen molar-refractivity contribution in [2.24, 2.45) is 5.92 Å². The fourth-order valence-electron chi connectivity index (χ4n) is 5.43. The molecule has 276 valence electrons. The monoisotopic (exact) mass is 683 g/mol. The second kappa shape index (κ2) is 34.3. The van der Waals surface area contributed by atoms with E-state index in [1.54, 1.807) is 4.90 Å². The van der Waals surface area contributed by atoms with Gasteiger partial charge in [0.25, 0.3) is 5.24 Å². The molecule has 0 heterocycles. The molecule has 1 amide bonds. The molecule has 0 saturated heterocycles. The molecule has 0 radical (unpaired) electrons. The summed E-state index contributed by atoms with van der Waals surface area (Å²) in [6.45, 7) is 9.30. The quantitative estimate of drug-likeness (QED) is 0.0387. The Kier molecular flexibility index (Phi) is 33.2. The first kappa shape index (κ1) is 45.5. The van der Waals surface area contributed by atoms with Gasteiger partial charge in [-0.3, -0.25) is 14.4 Å². The summed E-state index contributed by atoms with van der Waals surface area (Å²) in [5.41, 5.74) is 0. The second-order valence-electron chi connectivity index (χ2n) is 13.4. The molecule has 7 nitrogen and oxygen atoms in total. The number of unbranched alkanes of at least 4 members (excludes halogenated alkanes) is 14. The average Bonchev–Trinajstić information content (AvgIpc) is 3.05. The summed E-state index contributed by atoms with van der Waals surface area (Å²) in [7, 11) is 4.00. The molecule has 0 aliphatic rings. The van der Waals surface area contributed by atoms with Crippen molar-refractivity contribution in [1.82, 2.24) is 9.80 Å². The lowest BCUT2D eigenvalue weighted by atomic mass is 9.95. The molecule has 0 bridgehead atoms. The van der Waals surface area contributed by atoms with Gasteiger partial charge in [-0.2, -0.15) is 0 Å². The van der Waals surface area contributed by atoms with Crippen LogP contribution in [0.1, 0.15) is 162 Å². The zero-order valence-electron chi connectivity index (χ0n) is 31.4. The molecule has 0 aromatic heterocycles. The lowest BCUT2D eigenvalue weighted by Crippen LogP contribution is -2.32. The van der Waals surface area contributed by atoms with E-state index >= 15 is 0 Å². The van der Waals surface area contributed by atoms with Crippen molar-refractivity contribution in [2.45, 2.75) is 162 Å². The van der Waals surface area contributed by atoms with Crippen molar-refractivity contribution >= 4 is 28.9 Å². The molecule has 0 fully saturated rings. The number of carbonyl (C=O) groups is 3. The molecule has 0 atom stereocenters. The minimum absolute atomic E-state index is 0.0116. The number of carbonyl (C=O) groups excluding carboxylic acids is 3. The highest BCUT2D eigenvalue weighted by atomic mass is 32.2. The van der Waals surface area contributed by atoms with Crippen molar-refractivity contribution in [3.05, 3.63) is 12.2 Å². The largest absolute Gasteiger partial charge is 0.465 e. The van der Waals surface area contributed by atoms with Crippen molar-refractivity contribution in [2.75, 3.05) is 52.7 Å². The Morgan fingerprint density at radius 2 is 1.19 bits per heavy atom. The van der Waals surface area contributed by atoms with E-state index < -0.39 is 0 Å². The van der Waals surface area contributed by atoms with Gasteiger partial charge in [0.05, 0.1) is 13.0 Å². The number of hydrogen-bond acceptors (Lipinski definition) is 7. The molecule has 0 rings (SSSR count). The van der Waals surface area contributed by atoms with Crippen molar-refractivity contribution in [1.29, 1.82) is 0 Å². The van der Waals surface area contributed by atoms with Crippen LogP contribution in [0.2, 0.25) is 0 Å². The zero-order valence-corrected chi connectivity index (χ0v) is 32.2. The van der Waals surface area contributed by atoms with Crippen LogP contribution in [-0.4, -0.2) is 79.7 Å². The van der Waals surface area contributed by atoms with Crippen LogP contribution < -0.4 is 0 Å². The fourth-order valence-corrected chi connectivity index (χ4v) is 6.43. The number of amides is 1. The number of allylic oxidation sites excluding steroid dienone is 1. The Balaban J connectivity index is 4.63. The van der Waals surface area contributed by atoms with E-state index in [0.717, 1.165) is 45.1 Å². The number of thioether (sulfide) groups is 1. The standard InChI is InChI=1S/C39H74N2O5S/c1-6-9-12-15-16-19-25-33-45-37(42)28-23-20-24-30-41(39(44)47-34-32-40(4)5)31-29-38(43)46-35-36(26-21-17-13-10-7-2)27-22-18-14-11-8-3/h19,25,36H,6-18,20-24,26-35H2,1-5H3/b25-19-. The number of rotatable bonds is 33. The van der Waals surface area contributed by atoms with E-state index in [9.17, 15) is 14.4 Å². The maximum atomic E-state index is 13.0. The van der Waals surface area contributed by atoms with E-state index in [0.29, 0.717) is 44.4 Å². The molecule has 0 N–H and O–H groups in total. The molecule has 8 heteroatoms. The second-order valence-corrected chi connectivity index (χ2v) is 14.5. The third-order valence-electron chi connectivity index (χ3n) is 8.56. The van der Waals surface area contributed by atoms with Gasteiger partial charge < -0.3 is 19.3 Å². The van der Waals surface area contributed by atoms with Gasteiger partial charge in [-0.15, -0.1) is 0 Å². The molecule has 0 unspecified atom stereocenters. The van der Waals surface area contributed by atoms with Gasteiger partial charge in [-0.25, -0.2) is 0 Å². The van der Waals surface area contributed by atoms with Gasteiger partial charge in [0.15, 0.2) is 0 Å². The molecule has 0 aliphatic heterocycles. The van der Waals surface area contributed by atoms with Gasteiger partial charge in [0, 0.05) is 31.8 Å². The topological polar surface area (TPSA) is 76.1 Å². The van der Waals surface area contributed by atoms with Crippen LogP contribution in [0.15, 0.2) is 12.2 Å². The smallest absolute Gasteiger partial charge is 0.307 e. The molecule has 0 spiro atoms. The lowest BCUT2D eigenvalue weighted by Gasteiger charge is -2.23. The van der Waals surface area contributed by atoms with Gasteiger partial charge in [0.2, 0.25) is 0 Å². The van der Waals surface area contributed by atoms with Gasteiger partial charge in [0.1, 0.15) is 6.61 Å². The summed E-state index contributed by atoms with van der Waals surface area (Å²) in [5.74, 6) is 0.765. The fraction of sp³-hybridized carbons (Fsp3) is 0.872. The Labute approximate surface area is 294 Å². The average molecular weight is 683 g/mol. The number of ether oxygens (including phenoxy) is 2. The van der Waals surface area contributed by atoms with E-state index in [1.165, 1.54) is 102 Å². The summed E-state index contributed by atoms with van der Waals surface area (Å²) < 4.78 is 11.1. The maximum absolute atomic E-state index is 13.0. The van der Waals surface area contributed by atoms with Gasteiger partial charge in [-0.05, 0) is 58.5 Å². The van der Waals surface area contributed by atoms with Crippen LogP contribution in [0.3, 0.4) is 0 Å².